The molecule has 4 heterocycles. The molecule has 4 aromatic rings. The van der Waals surface area contributed by atoms with Gasteiger partial charge in [0.1, 0.15) is 0 Å². The van der Waals surface area contributed by atoms with E-state index in [-0.39, 0.29) is 13.2 Å². The molecule has 156 valence electrons. The Bertz CT molecular complexity index is 1160. The third kappa shape index (κ3) is 3.50. The van der Waals surface area contributed by atoms with Crippen molar-refractivity contribution in [1.82, 2.24) is 34.2 Å². The zero-order valence-electron chi connectivity index (χ0n) is 16.8. The van der Waals surface area contributed by atoms with E-state index in [0.29, 0.717) is 6.04 Å². The molecular weight excluding hydrogens is 382 g/mol. The monoisotopic (exact) mass is 407 g/mol. The van der Waals surface area contributed by atoms with E-state index in [1.807, 2.05) is 29.2 Å². The number of aromatic nitrogens is 7. The molecule has 0 bridgehead atoms. The Labute approximate surface area is 173 Å². The SMILES string of the molecule is CC[C@H](C1CC1)n1cc(-c2nc(-c3cnn(CC(O)CO)c3)cn3nccc23)cn1. The lowest BCUT2D eigenvalue weighted by atomic mass is 10.1. The summed E-state index contributed by atoms with van der Waals surface area (Å²) in [6.07, 6.45) is 13.9. The Morgan fingerprint density at radius 1 is 1.10 bits per heavy atom. The van der Waals surface area contributed by atoms with Gasteiger partial charge in [-0.25, -0.2) is 9.50 Å². The molecule has 0 spiro atoms. The highest BCUT2D eigenvalue weighted by Gasteiger charge is 2.31. The molecule has 9 heteroatoms. The normalized spacial score (nSPS) is 16.2. The van der Waals surface area contributed by atoms with Crippen molar-refractivity contribution in [2.45, 2.75) is 44.9 Å². The summed E-state index contributed by atoms with van der Waals surface area (Å²) in [7, 11) is 0. The second-order valence-electron chi connectivity index (χ2n) is 7.95. The predicted molar refractivity (Wildman–Crippen MR) is 111 cm³/mol. The average molecular weight is 407 g/mol. The number of hydrogen-bond donors (Lipinski definition) is 2. The highest BCUT2D eigenvalue weighted by atomic mass is 16.3. The number of hydrogen-bond acceptors (Lipinski definition) is 6. The van der Waals surface area contributed by atoms with Gasteiger partial charge in [0.15, 0.2) is 0 Å². The van der Waals surface area contributed by atoms with Crippen molar-refractivity contribution >= 4 is 5.52 Å². The lowest BCUT2D eigenvalue weighted by molar-refractivity contribution is 0.0783. The Balaban J connectivity index is 1.52. The van der Waals surface area contributed by atoms with Crippen molar-refractivity contribution in [2.75, 3.05) is 6.61 Å². The molecule has 2 atom stereocenters. The van der Waals surface area contributed by atoms with Crippen molar-refractivity contribution in [1.29, 1.82) is 0 Å². The zero-order chi connectivity index (χ0) is 20.7. The van der Waals surface area contributed by atoms with Gasteiger partial charge in [0.2, 0.25) is 0 Å². The topological polar surface area (TPSA) is 106 Å². The second kappa shape index (κ2) is 7.66. The Hall–Kier alpha value is -3.04. The molecule has 2 N–H and O–H groups in total. The molecule has 1 aliphatic rings. The summed E-state index contributed by atoms with van der Waals surface area (Å²) in [5, 5.41) is 32.0. The van der Waals surface area contributed by atoms with Gasteiger partial charge in [-0.1, -0.05) is 6.92 Å². The zero-order valence-corrected chi connectivity index (χ0v) is 16.8. The summed E-state index contributed by atoms with van der Waals surface area (Å²) in [6, 6.07) is 2.39. The van der Waals surface area contributed by atoms with Gasteiger partial charge in [-0.2, -0.15) is 15.3 Å². The molecule has 0 aliphatic heterocycles. The van der Waals surface area contributed by atoms with Crippen LogP contribution in [0.1, 0.15) is 32.2 Å². The van der Waals surface area contributed by atoms with E-state index in [4.69, 9.17) is 10.1 Å². The van der Waals surface area contributed by atoms with E-state index in [2.05, 4.69) is 33.1 Å². The first-order chi connectivity index (χ1) is 14.7. The Morgan fingerprint density at radius 3 is 2.70 bits per heavy atom. The third-order valence-electron chi connectivity index (χ3n) is 5.73. The summed E-state index contributed by atoms with van der Waals surface area (Å²) in [5.74, 6) is 0.733. The average Bonchev–Trinajstić information content (AvgIpc) is 3.15. The van der Waals surface area contributed by atoms with Gasteiger partial charge in [-0.15, -0.1) is 0 Å². The van der Waals surface area contributed by atoms with Crippen molar-refractivity contribution in [2.24, 2.45) is 5.92 Å². The van der Waals surface area contributed by atoms with Gasteiger partial charge in [0, 0.05) is 23.5 Å². The van der Waals surface area contributed by atoms with Gasteiger partial charge in [-0.3, -0.25) is 9.36 Å². The maximum Gasteiger partial charge on any atom is 0.0999 e. The van der Waals surface area contributed by atoms with Crippen molar-refractivity contribution in [3.63, 3.8) is 0 Å². The van der Waals surface area contributed by atoms with E-state index < -0.39 is 6.10 Å². The summed E-state index contributed by atoms with van der Waals surface area (Å²) in [4.78, 5) is 4.91. The molecule has 0 saturated heterocycles. The number of fused-ring (bicyclic) bond motifs is 1. The molecule has 1 saturated carbocycles. The first kappa shape index (κ1) is 19.0. The van der Waals surface area contributed by atoms with Crippen LogP contribution in [0.4, 0.5) is 0 Å². The minimum atomic E-state index is -0.848. The number of rotatable bonds is 8. The molecule has 0 amide bonds. The van der Waals surface area contributed by atoms with Gasteiger partial charge >= 0.3 is 0 Å². The summed E-state index contributed by atoms with van der Waals surface area (Å²) in [5.41, 5.74) is 4.25. The van der Waals surface area contributed by atoms with Crippen LogP contribution in [0.3, 0.4) is 0 Å². The van der Waals surface area contributed by atoms with Crippen LogP contribution >= 0.6 is 0 Å². The summed E-state index contributed by atoms with van der Waals surface area (Å²) in [6.45, 7) is 2.13. The molecule has 1 unspecified atom stereocenters. The van der Waals surface area contributed by atoms with E-state index in [1.165, 1.54) is 12.8 Å². The molecule has 0 radical (unpaired) electrons. The smallest absolute Gasteiger partial charge is 0.0999 e. The van der Waals surface area contributed by atoms with Gasteiger partial charge < -0.3 is 10.2 Å². The molecule has 1 fully saturated rings. The van der Waals surface area contributed by atoms with E-state index in [9.17, 15) is 5.11 Å². The minimum absolute atomic E-state index is 0.222. The number of aliphatic hydroxyl groups excluding tert-OH is 2. The first-order valence-electron chi connectivity index (χ1n) is 10.4. The predicted octanol–water partition coefficient (Wildman–Crippen LogP) is 2.17. The van der Waals surface area contributed by atoms with Crippen molar-refractivity contribution in [3.05, 3.63) is 43.2 Å². The molecular formula is C21H25N7O2. The lowest BCUT2D eigenvalue weighted by Crippen LogP contribution is -2.19. The molecule has 4 aromatic heterocycles. The maximum atomic E-state index is 9.66. The second-order valence-corrected chi connectivity index (χ2v) is 7.95. The van der Waals surface area contributed by atoms with Gasteiger partial charge in [-0.05, 0) is 31.2 Å². The van der Waals surface area contributed by atoms with Crippen LogP contribution in [-0.2, 0) is 6.54 Å². The van der Waals surface area contributed by atoms with Crippen LogP contribution in [0.25, 0.3) is 28.0 Å². The van der Waals surface area contributed by atoms with Crippen LogP contribution in [-0.4, -0.2) is 57.1 Å². The Morgan fingerprint density at radius 2 is 1.93 bits per heavy atom. The standard InChI is InChI=1S/C21H25N7O2/c1-2-19(14-3-4-14)27-10-16(8-24-27)21-20-5-6-22-28(20)12-18(25-21)15-7-23-26(9-15)11-17(30)13-29/h5-10,12,14,17,19,29-30H,2-4,11,13H2,1H3/t17?,19-/m1/s1. The molecule has 9 nitrogen and oxygen atoms in total. The van der Waals surface area contributed by atoms with E-state index in [0.717, 1.165) is 40.4 Å². The number of aliphatic hydroxyl groups is 2. The molecule has 5 rings (SSSR count). The van der Waals surface area contributed by atoms with Crippen molar-refractivity contribution in [3.8, 4) is 22.5 Å². The van der Waals surface area contributed by atoms with E-state index >= 15 is 0 Å². The highest BCUT2D eigenvalue weighted by Crippen LogP contribution is 2.41. The maximum absolute atomic E-state index is 9.66. The largest absolute Gasteiger partial charge is 0.394 e. The molecule has 0 aromatic carbocycles. The lowest BCUT2D eigenvalue weighted by Gasteiger charge is -2.14. The summed E-state index contributed by atoms with van der Waals surface area (Å²) >= 11 is 0. The summed E-state index contributed by atoms with van der Waals surface area (Å²) < 4.78 is 5.50. The van der Waals surface area contributed by atoms with Crippen LogP contribution in [0.2, 0.25) is 0 Å². The molecule has 30 heavy (non-hydrogen) atoms. The molecule has 1 aliphatic carbocycles. The fourth-order valence-electron chi connectivity index (χ4n) is 4.01. The number of nitrogens with zero attached hydrogens (tertiary/aromatic N) is 7. The van der Waals surface area contributed by atoms with Gasteiger partial charge in [0.25, 0.3) is 0 Å². The Kier molecular flexibility index (Phi) is 4.84. The fourth-order valence-corrected chi connectivity index (χ4v) is 4.01. The highest BCUT2D eigenvalue weighted by molar-refractivity contribution is 5.78. The van der Waals surface area contributed by atoms with Crippen molar-refractivity contribution < 1.29 is 10.2 Å². The van der Waals surface area contributed by atoms with Crippen LogP contribution < -0.4 is 0 Å². The quantitative estimate of drug-likeness (QED) is 0.464. The van der Waals surface area contributed by atoms with Crippen LogP contribution in [0.15, 0.2) is 43.2 Å². The van der Waals surface area contributed by atoms with Crippen LogP contribution in [0, 0.1) is 5.92 Å². The minimum Gasteiger partial charge on any atom is -0.394 e. The third-order valence-corrected chi connectivity index (χ3v) is 5.73. The van der Waals surface area contributed by atoms with Gasteiger partial charge in [0.05, 0.1) is 67.0 Å². The fraction of sp³-hybridized carbons (Fsp3) is 0.429. The first-order valence-corrected chi connectivity index (χ1v) is 10.4. The van der Waals surface area contributed by atoms with Crippen LogP contribution in [0.5, 0.6) is 0 Å². The van der Waals surface area contributed by atoms with E-state index in [1.54, 1.807) is 17.1 Å².